The lowest BCUT2D eigenvalue weighted by Crippen LogP contribution is -2.26. The van der Waals surface area contributed by atoms with Crippen LogP contribution in [0.1, 0.15) is 5.56 Å². The molecule has 0 saturated carbocycles. The zero-order valence-corrected chi connectivity index (χ0v) is 13.2. The predicted molar refractivity (Wildman–Crippen MR) is 84.0 cm³/mol. The van der Waals surface area contributed by atoms with Crippen molar-refractivity contribution in [1.82, 2.24) is 4.90 Å². The normalized spacial score (nSPS) is 16.0. The minimum Gasteiger partial charge on any atom is -0.502 e. The number of phenols is 1. The number of carbonyl (C=O) groups is 2. The van der Waals surface area contributed by atoms with E-state index in [1.165, 1.54) is 44.4 Å². The molecule has 126 valence electrons. The van der Waals surface area contributed by atoms with Gasteiger partial charge in [0.05, 0.1) is 14.2 Å². The summed E-state index contributed by atoms with van der Waals surface area (Å²) in [7, 11) is 4.01. The summed E-state index contributed by atoms with van der Waals surface area (Å²) in [5.74, 6) is -2.32. The van der Waals surface area contributed by atoms with Gasteiger partial charge in [0.25, 0.3) is 5.91 Å². The Hall–Kier alpha value is -3.16. The Morgan fingerprint density at radius 3 is 2.71 bits per heavy atom. The Kier molecular flexibility index (Phi) is 4.98. The first-order valence-corrected chi connectivity index (χ1v) is 6.78. The third-order valence-corrected chi connectivity index (χ3v) is 3.25. The SMILES string of the molecule is COC(=O)C=CC1=NC(=Cc2cc(F)c(O)c(OC)c2)C(=O)N1C. The van der Waals surface area contributed by atoms with Crippen LogP contribution in [-0.4, -0.2) is 49.0 Å². The monoisotopic (exact) mass is 334 g/mol. The number of likely N-dealkylation sites (N-methyl/N-ethyl adjacent to an activating group) is 1. The molecule has 0 aliphatic carbocycles. The molecule has 8 heteroatoms. The Morgan fingerprint density at radius 1 is 1.38 bits per heavy atom. The van der Waals surface area contributed by atoms with Gasteiger partial charge in [-0.3, -0.25) is 9.69 Å². The number of hydrogen-bond donors (Lipinski definition) is 1. The number of nitrogens with zero attached hydrogens (tertiary/aromatic N) is 2. The average molecular weight is 334 g/mol. The summed E-state index contributed by atoms with van der Waals surface area (Å²) in [5, 5.41) is 9.49. The largest absolute Gasteiger partial charge is 0.502 e. The van der Waals surface area contributed by atoms with E-state index >= 15 is 0 Å². The van der Waals surface area contributed by atoms with E-state index in [2.05, 4.69) is 9.73 Å². The average Bonchev–Trinajstić information content (AvgIpc) is 2.83. The first kappa shape index (κ1) is 17.2. The second-order valence-corrected chi connectivity index (χ2v) is 4.77. The number of aromatic hydroxyl groups is 1. The molecule has 0 aromatic heterocycles. The minimum atomic E-state index is -0.880. The molecule has 1 N–H and O–H groups in total. The van der Waals surface area contributed by atoms with Crippen LogP contribution < -0.4 is 4.74 Å². The summed E-state index contributed by atoms with van der Waals surface area (Å²) in [6.45, 7) is 0. The number of benzene rings is 1. The van der Waals surface area contributed by atoms with Gasteiger partial charge in [0.15, 0.2) is 17.3 Å². The van der Waals surface area contributed by atoms with Gasteiger partial charge in [-0.25, -0.2) is 14.2 Å². The van der Waals surface area contributed by atoms with Gasteiger partial charge in [-0.2, -0.15) is 0 Å². The predicted octanol–water partition coefficient (Wildman–Crippen LogP) is 1.48. The molecule has 0 atom stereocenters. The molecular weight excluding hydrogens is 319 g/mol. The molecule has 2 rings (SSSR count). The highest BCUT2D eigenvalue weighted by Gasteiger charge is 2.25. The summed E-state index contributed by atoms with van der Waals surface area (Å²) in [6.07, 6.45) is 3.82. The number of phenolic OH excluding ortho intramolecular Hbond substituents is 1. The van der Waals surface area contributed by atoms with Crippen LogP contribution in [0, 0.1) is 5.82 Å². The van der Waals surface area contributed by atoms with Gasteiger partial charge in [-0.05, 0) is 29.8 Å². The molecule has 0 fully saturated rings. The van der Waals surface area contributed by atoms with Crippen molar-refractivity contribution >= 4 is 23.8 Å². The van der Waals surface area contributed by atoms with Gasteiger partial charge < -0.3 is 14.6 Å². The van der Waals surface area contributed by atoms with E-state index in [1.807, 2.05) is 0 Å². The van der Waals surface area contributed by atoms with E-state index in [9.17, 15) is 19.1 Å². The van der Waals surface area contributed by atoms with Gasteiger partial charge in [-0.1, -0.05) is 0 Å². The highest BCUT2D eigenvalue weighted by Crippen LogP contribution is 2.31. The van der Waals surface area contributed by atoms with Crippen molar-refractivity contribution in [3.05, 3.63) is 41.4 Å². The second-order valence-electron chi connectivity index (χ2n) is 4.77. The third-order valence-electron chi connectivity index (χ3n) is 3.25. The molecule has 1 aromatic rings. The van der Waals surface area contributed by atoms with Crippen LogP contribution in [-0.2, 0) is 14.3 Å². The summed E-state index contributed by atoms with van der Waals surface area (Å²) in [6, 6.07) is 2.42. The van der Waals surface area contributed by atoms with E-state index in [1.54, 1.807) is 0 Å². The van der Waals surface area contributed by atoms with Crippen molar-refractivity contribution in [1.29, 1.82) is 0 Å². The van der Waals surface area contributed by atoms with Gasteiger partial charge in [-0.15, -0.1) is 0 Å². The van der Waals surface area contributed by atoms with Crippen molar-refractivity contribution in [2.75, 3.05) is 21.3 Å². The first-order chi connectivity index (χ1) is 11.4. The first-order valence-electron chi connectivity index (χ1n) is 6.78. The van der Waals surface area contributed by atoms with Gasteiger partial charge in [0.2, 0.25) is 0 Å². The standard InChI is InChI=1S/C16H15FN2O5/c1-19-13(4-5-14(20)24-3)18-11(16(19)22)7-9-6-10(17)15(21)12(8-9)23-2/h4-8,21H,1-3H3. The molecule has 0 bridgehead atoms. The van der Waals surface area contributed by atoms with Crippen LogP contribution in [0.3, 0.4) is 0 Å². The van der Waals surface area contributed by atoms with Crippen LogP contribution in [0.25, 0.3) is 6.08 Å². The molecule has 1 aliphatic heterocycles. The van der Waals surface area contributed by atoms with Crippen LogP contribution >= 0.6 is 0 Å². The van der Waals surface area contributed by atoms with Crippen LogP contribution in [0.15, 0.2) is 35.0 Å². The number of aliphatic imine (C=N–C) groups is 1. The maximum Gasteiger partial charge on any atom is 0.330 e. The Morgan fingerprint density at radius 2 is 2.08 bits per heavy atom. The zero-order valence-electron chi connectivity index (χ0n) is 13.2. The van der Waals surface area contributed by atoms with Crippen LogP contribution in [0.4, 0.5) is 4.39 Å². The highest BCUT2D eigenvalue weighted by atomic mass is 19.1. The quantitative estimate of drug-likeness (QED) is 0.665. The molecule has 0 saturated heterocycles. The lowest BCUT2D eigenvalue weighted by molar-refractivity contribution is -0.134. The molecule has 0 radical (unpaired) electrons. The smallest absolute Gasteiger partial charge is 0.330 e. The molecule has 1 amide bonds. The topological polar surface area (TPSA) is 88.4 Å². The maximum atomic E-state index is 13.6. The number of halogens is 1. The van der Waals surface area contributed by atoms with Crippen molar-refractivity contribution in [3.8, 4) is 11.5 Å². The summed E-state index contributed by atoms with van der Waals surface area (Å²) in [5.41, 5.74) is 0.343. The molecular formula is C16H15FN2O5. The fourth-order valence-electron chi connectivity index (χ4n) is 1.97. The van der Waals surface area contributed by atoms with Crippen LogP contribution in [0.2, 0.25) is 0 Å². The number of esters is 1. The number of carbonyl (C=O) groups excluding carboxylic acids is 2. The fraction of sp³-hybridized carbons (Fsp3) is 0.188. The van der Waals surface area contributed by atoms with Gasteiger partial charge in [0.1, 0.15) is 11.5 Å². The van der Waals surface area contributed by atoms with E-state index in [4.69, 9.17) is 4.74 Å². The molecule has 7 nitrogen and oxygen atoms in total. The highest BCUT2D eigenvalue weighted by molar-refractivity contribution is 6.18. The van der Waals surface area contributed by atoms with E-state index in [0.29, 0.717) is 5.56 Å². The number of hydrogen-bond acceptors (Lipinski definition) is 6. The maximum absolute atomic E-state index is 13.6. The van der Waals surface area contributed by atoms with Crippen molar-refractivity contribution < 1.29 is 28.6 Å². The van der Waals surface area contributed by atoms with Crippen molar-refractivity contribution in [3.63, 3.8) is 0 Å². The zero-order chi connectivity index (χ0) is 17.9. The van der Waals surface area contributed by atoms with E-state index < -0.39 is 23.4 Å². The molecule has 24 heavy (non-hydrogen) atoms. The Labute approximate surface area is 137 Å². The van der Waals surface area contributed by atoms with Gasteiger partial charge in [0, 0.05) is 13.1 Å². The van der Waals surface area contributed by atoms with Crippen LogP contribution in [0.5, 0.6) is 11.5 Å². The number of ether oxygens (including phenoxy) is 2. The summed E-state index contributed by atoms with van der Waals surface area (Å²) < 4.78 is 23.0. The fourth-order valence-corrected chi connectivity index (χ4v) is 1.97. The molecule has 0 unspecified atom stereocenters. The molecule has 1 aromatic carbocycles. The summed E-state index contributed by atoms with van der Waals surface area (Å²) >= 11 is 0. The van der Waals surface area contributed by atoms with E-state index in [-0.39, 0.29) is 17.3 Å². The second kappa shape index (κ2) is 6.95. The lowest BCUT2D eigenvalue weighted by Gasteiger charge is -2.07. The van der Waals surface area contributed by atoms with Crippen molar-refractivity contribution in [2.24, 2.45) is 4.99 Å². The molecule has 1 heterocycles. The number of amidine groups is 1. The third kappa shape index (κ3) is 3.43. The lowest BCUT2D eigenvalue weighted by atomic mass is 10.1. The summed E-state index contributed by atoms with van der Waals surface area (Å²) in [4.78, 5) is 28.6. The number of rotatable bonds is 4. The Bertz CT molecular complexity index is 783. The Balaban J connectivity index is 2.37. The molecule has 1 aliphatic rings. The van der Waals surface area contributed by atoms with Crippen molar-refractivity contribution in [2.45, 2.75) is 0 Å². The minimum absolute atomic E-state index is 0.0501. The van der Waals surface area contributed by atoms with Gasteiger partial charge >= 0.3 is 5.97 Å². The number of methoxy groups -OCH3 is 2. The molecule has 0 spiro atoms. The van der Waals surface area contributed by atoms with E-state index in [0.717, 1.165) is 12.1 Å². The number of amides is 1.